The molecule has 5 nitrogen and oxygen atoms in total. The number of para-hydroxylation sites is 2. The molecule has 150 valence electrons. The maximum absolute atomic E-state index is 12.5. The van der Waals surface area contributed by atoms with Crippen LogP contribution in [0.4, 0.5) is 5.69 Å². The monoisotopic (exact) mass is 400 g/mol. The summed E-state index contributed by atoms with van der Waals surface area (Å²) in [5, 5.41) is 5.95. The number of unbranched alkanes of at least 4 members (excludes halogenated alkanes) is 1. The second-order valence-electron chi connectivity index (χ2n) is 6.84. The molecule has 0 fully saturated rings. The molecule has 0 spiro atoms. The van der Waals surface area contributed by atoms with Crippen LogP contribution in [0.5, 0.6) is 11.5 Å². The summed E-state index contributed by atoms with van der Waals surface area (Å²) < 4.78 is 11.5. The normalized spacial score (nSPS) is 10.4. The third-order valence-electron chi connectivity index (χ3n) is 3.80. The summed E-state index contributed by atoms with van der Waals surface area (Å²) in [5.74, 6) is 1.48. The molecule has 6 heteroatoms. The SMILES string of the molecule is CCCCOc1ccccc1NC(=S)NC(=O)c1cccc(OCC(C)C)c1. The molecular formula is C22H28N2O3S. The van der Waals surface area contributed by atoms with Crippen molar-refractivity contribution in [1.29, 1.82) is 0 Å². The van der Waals surface area contributed by atoms with Crippen molar-refractivity contribution in [3.63, 3.8) is 0 Å². The molecule has 0 aliphatic carbocycles. The van der Waals surface area contributed by atoms with Gasteiger partial charge in [-0.2, -0.15) is 0 Å². The molecule has 2 rings (SSSR count). The summed E-state index contributed by atoms with van der Waals surface area (Å²) in [6, 6.07) is 14.6. The van der Waals surface area contributed by atoms with Crippen LogP contribution in [0.15, 0.2) is 48.5 Å². The summed E-state index contributed by atoms with van der Waals surface area (Å²) in [4.78, 5) is 12.5. The fraction of sp³-hybridized carbons (Fsp3) is 0.364. The minimum atomic E-state index is -0.295. The van der Waals surface area contributed by atoms with E-state index in [1.54, 1.807) is 18.2 Å². The van der Waals surface area contributed by atoms with E-state index < -0.39 is 0 Å². The van der Waals surface area contributed by atoms with Crippen molar-refractivity contribution in [3.05, 3.63) is 54.1 Å². The predicted octanol–water partition coefficient (Wildman–Crippen LogP) is 5.03. The average Bonchev–Trinajstić information content (AvgIpc) is 2.68. The van der Waals surface area contributed by atoms with E-state index in [1.165, 1.54) is 0 Å². The Morgan fingerprint density at radius 3 is 2.64 bits per heavy atom. The Hall–Kier alpha value is -2.60. The largest absolute Gasteiger partial charge is 0.493 e. The molecule has 1 amide bonds. The van der Waals surface area contributed by atoms with Gasteiger partial charge in [0.05, 0.1) is 18.9 Å². The summed E-state index contributed by atoms with van der Waals surface area (Å²) in [6.45, 7) is 7.49. The lowest BCUT2D eigenvalue weighted by Crippen LogP contribution is -2.34. The van der Waals surface area contributed by atoms with Gasteiger partial charge in [0.15, 0.2) is 5.11 Å². The van der Waals surface area contributed by atoms with Crippen molar-refractivity contribution < 1.29 is 14.3 Å². The van der Waals surface area contributed by atoms with Gasteiger partial charge in [0.25, 0.3) is 5.91 Å². The topological polar surface area (TPSA) is 59.6 Å². The van der Waals surface area contributed by atoms with Crippen molar-refractivity contribution in [2.45, 2.75) is 33.6 Å². The standard InChI is InChI=1S/C22H28N2O3S/c1-4-5-13-26-20-12-7-6-11-19(20)23-22(28)24-21(25)17-9-8-10-18(14-17)27-15-16(2)3/h6-12,14,16H,4-5,13,15H2,1-3H3,(H2,23,24,25,28). The first-order valence-electron chi connectivity index (χ1n) is 9.56. The van der Waals surface area contributed by atoms with Gasteiger partial charge in [-0.05, 0) is 54.9 Å². The molecule has 0 aromatic heterocycles. The van der Waals surface area contributed by atoms with Crippen LogP contribution in [0.1, 0.15) is 44.0 Å². The number of benzene rings is 2. The minimum absolute atomic E-state index is 0.213. The van der Waals surface area contributed by atoms with E-state index in [0.29, 0.717) is 36.2 Å². The Morgan fingerprint density at radius 1 is 1.11 bits per heavy atom. The van der Waals surface area contributed by atoms with Gasteiger partial charge in [0, 0.05) is 5.56 Å². The number of carbonyl (C=O) groups excluding carboxylic acids is 1. The number of hydrogen-bond acceptors (Lipinski definition) is 4. The third kappa shape index (κ3) is 7.19. The smallest absolute Gasteiger partial charge is 0.257 e. The van der Waals surface area contributed by atoms with Crippen LogP contribution in [0, 0.1) is 5.92 Å². The van der Waals surface area contributed by atoms with Gasteiger partial charge in [0.1, 0.15) is 11.5 Å². The summed E-state index contributed by atoms with van der Waals surface area (Å²) >= 11 is 5.30. The number of rotatable bonds is 9. The van der Waals surface area contributed by atoms with Crippen molar-refractivity contribution in [1.82, 2.24) is 5.32 Å². The van der Waals surface area contributed by atoms with Crippen LogP contribution < -0.4 is 20.1 Å². The number of anilines is 1. The summed E-state index contributed by atoms with van der Waals surface area (Å²) in [7, 11) is 0. The van der Waals surface area contributed by atoms with Gasteiger partial charge >= 0.3 is 0 Å². The molecule has 2 N–H and O–H groups in total. The van der Waals surface area contributed by atoms with Crippen molar-refractivity contribution in [2.75, 3.05) is 18.5 Å². The van der Waals surface area contributed by atoms with E-state index >= 15 is 0 Å². The van der Waals surface area contributed by atoms with E-state index in [9.17, 15) is 4.79 Å². The van der Waals surface area contributed by atoms with E-state index in [1.807, 2.05) is 30.3 Å². The Labute approximate surface area is 172 Å². The maximum atomic E-state index is 12.5. The molecule has 0 unspecified atom stereocenters. The lowest BCUT2D eigenvalue weighted by molar-refractivity contribution is 0.0977. The van der Waals surface area contributed by atoms with Gasteiger partial charge < -0.3 is 14.8 Å². The van der Waals surface area contributed by atoms with E-state index in [4.69, 9.17) is 21.7 Å². The first kappa shape index (κ1) is 21.7. The van der Waals surface area contributed by atoms with Gasteiger partial charge in [-0.25, -0.2) is 0 Å². The quantitative estimate of drug-likeness (QED) is 0.457. The molecule has 2 aromatic carbocycles. The van der Waals surface area contributed by atoms with Crippen LogP contribution in [0.2, 0.25) is 0 Å². The minimum Gasteiger partial charge on any atom is -0.493 e. The maximum Gasteiger partial charge on any atom is 0.257 e. The number of carbonyl (C=O) groups is 1. The Bertz CT molecular complexity index is 793. The zero-order chi connectivity index (χ0) is 20.4. The zero-order valence-corrected chi connectivity index (χ0v) is 17.5. The van der Waals surface area contributed by atoms with E-state index in [2.05, 4.69) is 31.4 Å². The molecule has 0 saturated heterocycles. The van der Waals surface area contributed by atoms with Gasteiger partial charge in [-0.3, -0.25) is 10.1 Å². The molecule has 28 heavy (non-hydrogen) atoms. The molecule has 0 aliphatic rings. The van der Waals surface area contributed by atoms with E-state index in [0.717, 1.165) is 18.5 Å². The highest BCUT2D eigenvalue weighted by atomic mass is 32.1. The molecule has 0 saturated carbocycles. The molecule has 0 aliphatic heterocycles. The molecule has 0 radical (unpaired) electrons. The van der Waals surface area contributed by atoms with Crippen LogP contribution in [-0.4, -0.2) is 24.2 Å². The number of thiocarbonyl (C=S) groups is 1. The summed E-state index contributed by atoms with van der Waals surface area (Å²) in [5.41, 5.74) is 1.20. The number of ether oxygens (including phenoxy) is 2. The fourth-order valence-corrected chi connectivity index (χ4v) is 2.54. The first-order valence-corrected chi connectivity index (χ1v) is 9.97. The highest BCUT2D eigenvalue weighted by Crippen LogP contribution is 2.24. The second kappa shape index (κ2) is 11.3. The van der Waals surface area contributed by atoms with E-state index in [-0.39, 0.29) is 11.0 Å². The van der Waals surface area contributed by atoms with Crippen molar-refractivity contribution in [3.8, 4) is 11.5 Å². The van der Waals surface area contributed by atoms with Crippen molar-refractivity contribution in [2.24, 2.45) is 5.92 Å². The molecule has 0 atom stereocenters. The third-order valence-corrected chi connectivity index (χ3v) is 4.00. The first-order chi connectivity index (χ1) is 13.5. The zero-order valence-electron chi connectivity index (χ0n) is 16.7. The van der Waals surface area contributed by atoms with Crippen LogP contribution in [-0.2, 0) is 0 Å². The lowest BCUT2D eigenvalue weighted by Gasteiger charge is -2.14. The van der Waals surface area contributed by atoms with Crippen LogP contribution in [0.3, 0.4) is 0 Å². The highest BCUT2D eigenvalue weighted by Gasteiger charge is 2.11. The lowest BCUT2D eigenvalue weighted by atomic mass is 10.2. The number of nitrogens with one attached hydrogen (secondary N) is 2. The van der Waals surface area contributed by atoms with Crippen LogP contribution >= 0.6 is 12.2 Å². The van der Waals surface area contributed by atoms with Gasteiger partial charge in [0.2, 0.25) is 0 Å². The number of amides is 1. The Morgan fingerprint density at radius 2 is 1.89 bits per heavy atom. The fourth-order valence-electron chi connectivity index (χ4n) is 2.34. The molecule has 2 aromatic rings. The average molecular weight is 401 g/mol. The van der Waals surface area contributed by atoms with Crippen molar-refractivity contribution >= 4 is 28.9 Å². The predicted molar refractivity (Wildman–Crippen MR) is 117 cm³/mol. The molecular weight excluding hydrogens is 372 g/mol. The van der Waals surface area contributed by atoms with Gasteiger partial charge in [-0.15, -0.1) is 0 Å². The highest BCUT2D eigenvalue weighted by molar-refractivity contribution is 7.80. The number of hydrogen-bond donors (Lipinski definition) is 2. The Kier molecular flexibility index (Phi) is 8.75. The molecule has 0 bridgehead atoms. The Balaban J connectivity index is 1.96. The second-order valence-corrected chi connectivity index (χ2v) is 7.25. The summed E-state index contributed by atoms with van der Waals surface area (Å²) in [6.07, 6.45) is 2.04. The van der Waals surface area contributed by atoms with Crippen LogP contribution in [0.25, 0.3) is 0 Å². The molecule has 0 heterocycles. The van der Waals surface area contributed by atoms with Gasteiger partial charge in [-0.1, -0.05) is 45.4 Å².